The second kappa shape index (κ2) is 4.64. The third-order valence-electron chi connectivity index (χ3n) is 2.37. The van der Waals surface area contributed by atoms with Crippen LogP contribution in [0, 0.1) is 0 Å². The van der Waals surface area contributed by atoms with Crippen LogP contribution in [0.25, 0.3) is 5.69 Å². The van der Waals surface area contributed by atoms with Crippen molar-refractivity contribution in [3.05, 3.63) is 42.7 Å². The van der Waals surface area contributed by atoms with E-state index in [0.29, 0.717) is 11.4 Å². The summed E-state index contributed by atoms with van der Waals surface area (Å²) in [5.74, 6) is -0.491. The first-order valence-electron chi connectivity index (χ1n) is 5.33. The van der Waals surface area contributed by atoms with Gasteiger partial charge in [0, 0.05) is 0 Å². The summed E-state index contributed by atoms with van der Waals surface area (Å²) < 4.78 is 1.55. The fourth-order valence-corrected chi connectivity index (χ4v) is 1.55. The molecule has 0 aliphatic carbocycles. The molecule has 0 atom stereocenters. The average molecular weight is 256 g/mol. The molecule has 0 fully saturated rings. The van der Waals surface area contributed by atoms with Gasteiger partial charge in [-0.3, -0.25) is 4.79 Å². The molecule has 2 N–H and O–H groups in total. The van der Waals surface area contributed by atoms with Crippen molar-refractivity contribution in [2.45, 2.75) is 0 Å². The van der Waals surface area contributed by atoms with Gasteiger partial charge in [-0.1, -0.05) is 12.1 Å². The Kier molecular flexibility index (Phi) is 2.69. The predicted octanol–water partition coefficient (Wildman–Crippen LogP) is 0.0327. The van der Waals surface area contributed by atoms with Crippen LogP contribution in [0.1, 0.15) is 10.6 Å². The van der Waals surface area contributed by atoms with Gasteiger partial charge in [0.1, 0.15) is 12.7 Å². The molecule has 9 nitrogen and oxygen atoms in total. The molecule has 94 valence electrons. The molecule has 0 saturated heterocycles. The van der Waals surface area contributed by atoms with E-state index < -0.39 is 5.91 Å². The molecule has 19 heavy (non-hydrogen) atoms. The van der Waals surface area contributed by atoms with E-state index >= 15 is 0 Å². The second-order valence-electron chi connectivity index (χ2n) is 3.55. The van der Waals surface area contributed by atoms with E-state index in [4.69, 9.17) is 0 Å². The van der Waals surface area contributed by atoms with Crippen molar-refractivity contribution < 1.29 is 4.79 Å². The van der Waals surface area contributed by atoms with Crippen molar-refractivity contribution >= 4 is 11.6 Å². The largest absolute Gasteiger partial charge is 0.317 e. The average Bonchev–Trinajstić information content (AvgIpc) is 3.13. The maximum absolute atomic E-state index is 11.9. The van der Waals surface area contributed by atoms with Crippen LogP contribution in [-0.2, 0) is 0 Å². The zero-order valence-corrected chi connectivity index (χ0v) is 9.56. The standard InChI is InChI=1S/C10H8N8O/c19-10(9-14-16-17-15-9)13-7-3-1-2-4-8(7)18-6-11-5-12-18/h1-6H,(H,13,19)(H,14,15,16,17). The topological polar surface area (TPSA) is 114 Å². The van der Waals surface area contributed by atoms with Crippen molar-refractivity contribution in [2.75, 3.05) is 5.32 Å². The highest BCUT2D eigenvalue weighted by atomic mass is 16.2. The molecule has 0 radical (unpaired) electrons. The molecule has 0 spiro atoms. The van der Waals surface area contributed by atoms with Crippen LogP contribution in [0.15, 0.2) is 36.9 Å². The lowest BCUT2D eigenvalue weighted by molar-refractivity contribution is 0.101. The Morgan fingerprint density at radius 1 is 1.32 bits per heavy atom. The molecule has 2 heterocycles. The number of rotatable bonds is 3. The minimum atomic E-state index is -0.457. The van der Waals surface area contributed by atoms with Crippen molar-refractivity contribution in [1.82, 2.24) is 35.4 Å². The molecule has 0 aliphatic rings. The highest BCUT2D eigenvalue weighted by molar-refractivity contribution is 6.02. The zero-order chi connectivity index (χ0) is 13.1. The van der Waals surface area contributed by atoms with E-state index in [1.54, 1.807) is 29.2 Å². The number of carbonyl (C=O) groups excluding carboxylic acids is 1. The van der Waals surface area contributed by atoms with E-state index in [1.165, 1.54) is 6.33 Å². The molecule has 0 bridgehead atoms. The monoisotopic (exact) mass is 256 g/mol. The first-order chi connectivity index (χ1) is 9.34. The van der Waals surface area contributed by atoms with E-state index in [1.807, 2.05) is 6.07 Å². The van der Waals surface area contributed by atoms with Gasteiger partial charge in [0.05, 0.1) is 11.4 Å². The summed E-state index contributed by atoms with van der Waals surface area (Å²) in [4.78, 5) is 15.7. The summed E-state index contributed by atoms with van der Waals surface area (Å²) in [6, 6.07) is 7.18. The molecule has 1 amide bonds. The number of H-pyrrole nitrogens is 1. The number of aromatic nitrogens is 7. The fourth-order valence-electron chi connectivity index (χ4n) is 1.55. The van der Waals surface area contributed by atoms with Gasteiger partial charge < -0.3 is 5.32 Å². The van der Waals surface area contributed by atoms with Gasteiger partial charge in [-0.15, -0.1) is 10.2 Å². The van der Waals surface area contributed by atoms with Gasteiger partial charge >= 0.3 is 0 Å². The Morgan fingerprint density at radius 2 is 2.21 bits per heavy atom. The van der Waals surface area contributed by atoms with Gasteiger partial charge in [-0.2, -0.15) is 10.3 Å². The van der Waals surface area contributed by atoms with Crippen LogP contribution >= 0.6 is 0 Å². The van der Waals surface area contributed by atoms with Gasteiger partial charge in [0.25, 0.3) is 11.7 Å². The summed E-state index contributed by atoms with van der Waals surface area (Å²) in [6.45, 7) is 0. The Bertz CT molecular complexity index is 675. The molecule has 0 unspecified atom stereocenters. The van der Waals surface area contributed by atoms with Crippen LogP contribution in [0.2, 0.25) is 0 Å². The number of anilines is 1. The number of tetrazole rings is 1. The Labute approximate surface area is 106 Å². The minimum absolute atomic E-state index is 0.0339. The van der Waals surface area contributed by atoms with Gasteiger partial charge in [0.2, 0.25) is 0 Å². The normalized spacial score (nSPS) is 10.3. The number of nitrogens with zero attached hydrogens (tertiary/aromatic N) is 6. The van der Waals surface area contributed by atoms with Crippen molar-refractivity contribution in [3.8, 4) is 5.69 Å². The highest BCUT2D eigenvalue weighted by Crippen LogP contribution is 2.18. The predicted molar refractivity (Wildman–Crippen MR) is 63.5 cm³/mol. The summed E-state index contributed by atoms with van der Waals surface area (Å²) in [5, 5.41) is 19.5. The number of nitrogens with one attached hydrogen (secondary N) is 2. The lowest BCUT2D eigenvalue weighted by atomic mass is 10.2. The molecule has 3 aromatic rings. The smallest absolute Gasteiger partial charge is 0.297 e. The maximum atomic E-state index is 11.9. The lowest BCUT2D eigenvalue weighted by Gasteiger charge is -2.08. The van der Waals surface area contributed by atoms with E-state index in [0.717, 1.165) is 0 Å². The van der Waals surface area contributed by atoms with Gasteiger partial charge in [-0.05, 0) is 17.3 Å². The number of hydrogen-bond donors (Lipinski definition) is 2. The third kappa shape index (κ3) is 2.16. The molecular weight excluding hydrogens is 248 g/mol. The van der Waals surface area contributed by atoms with Gasteiger partial charge in [0.15, 0.2) is 0 Å². The number of carbonyl (C=O) groups is 1. The fraction of sp³-hybridized carbons (Fsp3) is 0. The van der Waals surface area contributed by atoms with E-state index in [9.17, 15) is 4.79 Å². The summed E-state index contributed by atoms with van der Waals surface area (Å²) in [5.41, 5.74) is 1.26. The Hall–Kier alpha value is -3.10. The Balaban J connectivity index is 1.92. The highest BCUT2D eigenvalue weighted by Gasteiger charge is 2.13. The maximum Gasteiger partial charge on any atom is 0.297 e. The summed E-state index contributed by atoms with van der Waals surface area (Å²) >= 11 is 0. The van der Waals surface area contributed by atoms with Gasteiger partial charge in [-0.25, -0.2) is 9.67 Å². The number of aromatic amines is 1. The quantitative estimate of drug-likeness (QED) is 0.683. The molecular formula is C10H8N8O. The Morgan fingerprint density at radius 3 is 2.95 bits per heavy atom. The van der Waals surface area contributed by atoms with Crippen LogP contribution in [-0.4, -0.2) is 41.3 Å². The molecule has 0 saturated carbocycles. The molecule has 1 aromatic carbocycles. The number of amides is 1. The minimum Gasteiger partial charge on any atom is -0.317 e. The SMILES string of the molecule is O=C(Nc1ccccc1-n1cncn1)c1nn[nH]n1. The molecule has 2 aromatic heterocycles. The third-order valence-corrected chi connectivity index (χ3v) is 2.37. The molecule has 0 aliphatic heterocycles. The van der Waals surface area contributed by atoms with Crippen LogP contribution in [0.4, 0.5) is 5.69 Å². The van der Waals surface area contributed by atoms with Crippen molar-refractivity contribution in [2.24, 2.45) is 0 Å². The lowest BCUT2D eigenvalue weighted by Crippen LogP contribution is -2.15. The number of benzene rings is 1. The first-order valence-corrected chi connectivity index (χ1v) is 5.33. The van der Waals surface area contributed by atoms with E-state index in [2.05, 4.69) is 36.0 Å². The first kappa shape index (κ1) is 11.0. The summed E-state index contributed by atoms with van der Waals surface area (Å²) in [7, 11) is 0. The van der Waals surface area contributed by atoms with Crippen molar-refractivity contribution in [1.29, 1.82) is 0 Å². The summed E-state index contributed by atoms with van der Waals surface area (Å²) in [6.07, 6.45) is 2.96. The van der Waals surface area contributed by atoms with Crippen LogP contribution in [0.5, 0.6) is 0 Å². The molecule has 3 rings (SSSR count). The zero-order valence-electron chi connectivity index (χ0n) is 9.56. The van der Waals surface area contributed by atoms with Crippen LogP contribution < -0.4 is 5.32 Å². The number of para-hydroxylation sites is 2. The van der Waals surface area contributed by atoms with Crippen molar-refractivity contribution in [3.63, 3.8) is 0 Å². The second-order valence-corrected chi connectivity index (χ2v) is 3.55. The van der Waals surface area contributed by atoms with E-state index in [-0.39, 0.29) is 5.82 Å². The van der Waals surface area contributed by atoms with Crippen LogP contribution in [0.3, 0.4) is 0 Å². The number of hydrogen-bond acceptors (Lipinski definition) is 6. The molecule has 9 heteroatoms.